The van der Waals surface area contributed by atoms with Crippen molar-refractivity contribution in [3.63, 3.8) is 0 Å². The highest BCUT2D eigenvalue weighted by atomic mass is 32.2. The van der Waals surface area contributed by atoms with Crippen LogP contribution in [0.5, 0.6) is 5.75 Å². The fraction of sp³-hybridized carbons (Fsp3) is 0.500. The Morgan fingerprint density at radius 2 is 2.00 bits per heavy atom. The topological polar surface area (TPSA) is 63.7 Å². The highest BCUT2D eigenvalue weighted by Gasteiger charge is 2.37. The zero-order valence-electron chi connectivity index (χ0n) is 11.9. The van der Waals surface area contributed by atoms with E-state index in [0.717, 1.165) is 0 Å². The van der Waals surface area contributed by atoms with Crippen LogP contribution in [0.2, 0.25) is 0 Å². The molecule has 0 saturated heterocycles. The normalized spacial score (nSPS) is 22.1. The van der Waals surface area contributed by atoms with Crippen molar-refractivity contribution in [3.8, 4) is 5.75 Å². The first-order chi connectivity index (χ1) is 9.30. The molecule has 110 valence electrons. The van der Waals surface area contributed by atoms with Gasteiger partial charge in [-0.25, -0.2) is 8.42 Å². The Bertz CT molecular complexity index is 611. The average molecular weight is 297 g/mol. The van der Waals surface area contributed by atoms with Crippen LogP contribution >= 0.6 is 0 Å². The highest BCUT2D eigenvalue weighted by molar-refractivity contribution is 7.92. The van der Waals surface area contributed by atoms with Gasteiger partial charge in [0.05, 0.1) is 18.0 Å². The maximum Gasteiger partial charge on any atom is 0.232 e. The van der Waals surface area contributed by atoms with Gasteiger partial charge in [0.1, 0.15) is 17.6 Å². The lowest BCUT2D eigenvalue weighted by Gasteiger charge is -2.40. The van der Waals surface area contributed by atoms with Gasteiger partial charge in [-0.2, -0.15) is 0 Å². The Labute approximate surface area is 119 Å². The van der Waals surface area contributed by atoms with Crippen LogP contribution < -0.4 is 9.04 Å². The number of anilines is 1. The van der Waals surface area contributed by atoms with Crippen molar-refractivity contribution in [2.45, 2.75) is 38.8 Å². The van der Waals surface area contributed by atoms with Crippen molar-refractivity contribution >= 4 is 21.5 Å². The summed E-state index contributed by atoms with van der Waals surface area (Å²) in [5.41, 5.74) is 0.557. The molecule has 0 spiro atoms. The third-order valence-corrected chi connectivity index (χ3v) is 4.67. The maximum absolute atomic E-state index is 12.0. The van der Waals surface area contributed by atoms with E-state index in [0.29, 0.717) is 24.3 Å². The van der Waals surface area contributed by atoms with E-state index < -0.39 is 10.0 Å². The first kappa shape index (κ1) is 14.8. The number of carbonyl (C=O) groups excluding carboxylic acids is 1. The van der Waals surface area contributed by atoms with Crippen LogP contribution in [0.3, 0.4) is 0 Å². The second-order valence-corrected chi connectivity index (χ2v) is 7.02. The van der Waals surface area contributed by atoms with Crippen LogP contribution in [-0.2, 0) is 14.8 Å². The van der Waals surface area contributed by atoms with Crippen molar-refractivity contribution in [2.24, 2.45) is 0 Å². The van der Waals surface area contributed by atoms with Crippen LogP contribution in [-0.4, -0.2) is 32.6 Å². The largest absolute Gasteiger partial charge is 0.486 e. The number of benzene rings is 1. The van der Waals surface area contributed by atoms with E-state index >= 15 is 0 Å². The van der Waals surface area contributed by atoms with Gasteiger partial charge in [-0.15, -0.1) is 0 Å². The Kier molecular flexibility index (Phi) is 4.04. The summed E-state index contributed by atoms with van der Waals surface area (Å²) >= 11 is 0. The van der Waals surface area contributed by atoms with Crippen molar-refractivity contribution < 1.29 is 17.9 Å². The fourth-order valence-corrected chi connectivity index (χ4v) is 3.75. The summed E-state index contributed by atoms with van der Waals surface area (Å²) in [7, 11) is -3.39. The standard InChI is InChI=1S/C14H19NO4S/c1-10(16)8-9-13-11(2)15(20(3,17)18)12-6-4-5-7-14(12)19-13/h4-7,11,13H,8-9H2,1-3H3/t11-,13+/m1/s1. The minimum Gasteiger partial charge on any atom is -0.486 e. The SMILES string of the molecule is CC(=O)CC[C@@H]1Oc2ccccc2N(S(C)(=O)=O)[C@@H]1C. The zero-order valence-corrected chi connectivity index (χ0v) is 12.7. The molecule has 1 aromatic rings. The van der Waals surface area contributed by atoms with Crippen molar-refractivity contribution in [2.75, 3.05) is 10.6 Å². The number of hydrogen-bond acceptors (Lipinski definition) is 4. The Morgan fingerprint density at radius 1 is 1.35 bits per heavy atom. The molecule has 1 heterocycles. The lowest BCUT2D eigenvalue weighted by atomic mass is 10.0. The van der Waals surface area contributed by atoms with Crippen molar-refractivity contribution in [1.82, 2.24) is 0 Å². The minimum atomic E-state index is -3.39. The Morgan fingerprint density at radius 3 is 2.60 bits per heavy atom. The molecule has 6 heteroatoms. The lowest BCUT2D eigenvalue weighted by Crippen LogP contribution is -2.50. The van der Waals surface area contributed by atoms with Crippen LogP contribution in [0, 0.1) is 0 Å². The Balaban J connectivity index is 2.38. The third kappa shape index (κ3) is 2.95. The van der Waals surface area contributed by atoms with E-state index in [1.165, 1.54) is 17.5 Å². The number of ether oxygens (including phenoxy) is 1. The number of carbonyl (C=O) groups is 1. The molecule has 5 nitrogen and oxygen atoms in total. The molecule has 2 atom stereocenters. The van der Waals surface area contributed by atoms with Gasteiger partial charge >= 0.3 is 0 Å². The molecule has 2 rings (SSSR count). The van der Waals surface area contributed by atoms with E-state index in [-0.39, 0.29) is 17.9 Å². The predicted octanol–water partition coefficient (Wildman–Crippen LogP) is 1.97. The summed E-state index contributed by atoms with van der Waals surface area (Å²) in [6.07, 6.45) is 1.77. The molecule has 1 aliphatic heterocycles. The summed E-state index contributed by atoms with van der Waals surface area (Å²) in [5, 5.41) is 0. The van der Waals surface area contributed by atoms with Crippen LogP contribution in [0.25, 0.3) is 0 Å². The average Bonchev–Trinajstić information content (AvgIpc) is 2.34. The maximum atomic E-state index is 12.0. The molecule has 0 unspecified atom stereocenters. The van der Waals surface area contributed by atoms with E-state index in [2.05, 4.69) is 0 Å². The van der Waals surface area contributed by atoms with E-state index in [1.54, 1.807) is 24.3 Å². The van der Waals surface area contributed by atoms with Gasteiger partial charge in [0.25, 0.3) is 0 Å². The van der Waals surface area contributed by atoms with Gasteiger partial charge < -0.3 is 9.53 Å². The number of sulfonamides is 1. The first-order valence-corrected chi connectivity index (χ1v) is 8.40. The van der Waals surface area contributed by atoms with Gasteiger partial charge in [-0.1, -0.05) is 12.1 Å². The zero-order chi connectivity index (χ0) is 14.9. The van der Waals surface area contributed by atoms with Gasteiger partial charge in [0, 0.05) is 6.42 Å². The van der Waals surface area contributed by atoms with Crippen LogP contribution in [0.15, 0.2) is 24.3 Å². The number of para-hydroxylation sites is 2. The quantitative estimate of drug-likeness (QED) is 0.852. The lowest BCUT2D eigenvalue weighted by molar-refractivity contribution is -0.117. The summed E-state index contributed by atoms with van der Waals surface area (Å²) in [6.45, 7) is 3.33. The molecule has 0 aliphatic carbocycles. The summed E-state index contributed by atoms with van der Waals surface area (Å²) in [6, 6.07) is 6.73. The minimum absolute atomic E-state index is 0.0746. The summed E-state index contributed by atoms with van der Waals surface area (Å²) < 4.78 is 31.3. The van der Waals surface area contributed by atoms with Crippen molar-refractivity contribution in [3.05, 3.63) is 24.3 Å². The van der Waals surface area contributed by atoms with Crippen molar-refractivity contribution in [1.29, 1.82) is 0 Å². The number of hydrogen-bond donors (Lipinski definition) is 0. The van der Waals surface area contributed by atoms with E-state index in [1.807, 2.05) is 6.92 Å². The summed E-state index contributed by atoms with van der Waals surface area (Å²) in [5.74, 6) is 0.621. The van der Waals surface area contributed by atoms with Crippen LogP contribution in [0.4, 0.5) is 5.69 Å². The molecular weight excluding hydrogens is 278 g/mol. The molecule has 0 radical (unpaired) electrons. The smallest absolute Gasteiger partial charge is 0.232 e. The van der Waals surface area contributed by atoms with Gasteiger partial charge in [0.15, 0.2) is 0 Å². The molecule has 0 saturated carbocycles. The predicted molar refractivity (Wildman–Crippen MR) is 77.6 cm³/mol. The molecule has 1 aliphatic rings. The van der Waals surface area contributed by atoms with Gasteiger partial charge in [-0.05, 0) is 32.4 Å². The number of nitrogens with zero attached hydrogens (tertiary/aromatic N) is 1. The Hall–Kier alpha value is -1.56. The number of Topliss-reactive ketones (excluding diaryl/α,β-unsaturated/α-hetero) is 1. The summed E-state index contributed by atoms with van der Waals surface area (Å²) in [4.78, 5) is 11.1. The third-order valence-electron chi connectivity index (χ3n) is 3.43. The second-order valence-electron chi connectivity index (χ2n) is 5.16. The molecular formula is C14H19NO4S. The molecule has 0 amide bonds. The van der Waals surface area contributed by atoms with Gasteiger partial charge in [-0.3, -0.25) is 4.31 Å². The molecule has 0 fully saturated rings. The van der Waals surface area contributed by atoms with Crippen LogP contribution in [0.1, 0.15) is 26.7 Å². The molecule has 0 bridgehead atoms. The highest BCUT2D eigenvalue weighted by Crippen LogP contribution is 2.38. The molecule has 1 aromatic carbocycles. The number of fused-ring (bicyclic) bond motifs is 1. The fourth-order valence-electron chi connectivity index (χ4n) is 2.50. The number of rotatable bonds is 4. The molecule has 0 aromatic heterocycles. The molecule has 20 heavy (non-hydrogen) atoms. The first-order valence-electron chi connectivity index (χ1n) is 6.55. The second kappa shape index (κ2) is 5.44. The monoisotopic (exact) mass is 297 g/mol. The molecule has 0 N–H and O–H groups in total. The van der Waals surface area contributed by atoms with Gasteiger partial charge in [0.2, 0.25) is 10.0 Å². The van der Waals surface area contributed by atoms with E-state index in [4.69, 9.17) is 4.74 Å². The number of ketones is 1. The van der Waals surface area contributed by atoms with E-state index in [9.17, 15) is 13.2 Å².